The van der Waals surface area contributed by atoms with Gasteiger partial charge in [-0.3, -0.25) is 14.5 Å². The summed E-state index contributed by atoms with van der Waals surface area (Å²) < 4.78 is 3.78. The highest BCUT2D eigenvalue weighted by molar-refractivity contribution is 7.71. The minimum atomic E-state index is -0.152. The molecule has 2 heterocycles. The van der Waals surface area contributed by atoms with Crippen LogP contribution in [-0.4, -0.2) is 24.5 Å². The van der Waals surface area contributed by atoms with Gasteiger partial charge in [0.25, 0.3) is 5.56 Å². The molecule has 0 saturated carbocycles. The molecule has 3 aromatic carbocycles. The third kappa shape index (κ3) is 3.71. The molecule has 0 radical (unpaired) electrons. The van der Waals surface area contributed by atoms with Crippen molar-refractivity contribution in [3.8, 4) is 5.69 Å². The van der Waals surface area contributed by atoms with Crippen LogP contribution < -0.4 is 5.56 Å². The molecule has 2 aromatic heterocycles. The van der Waals surface area contributed by atoms with Gasteiger partial charge in [-0.2, -0.15) is 10.2 Å². The van der Waals surface area contributed by atoms with Crippen LogP contribution in [0.1, 0.15) is 17.1 Å². The predicted molar refractivity (Wildman–Crippen MR) is 123 cm³/mol. The SMILES string of the molecule is O=c1c2ccccc2c(Cc2ccccc2)nn1Cc1n[nH]c(=S)n1-c1ccccc1. The van der Waals surface area contributed by atoms with Crippen molar-refractivity contribution >= 4 is 23.0 Å². The summed E-state index contributed by atoms with van der Waals surface area (Å²) in [6.07, 6.45) is 0.632. The standard InChI is InChI=1S/C24H19N5OS/c30-23-20-14-8-7-13-19(20)21(15-17-9-3-1-4-10-17)27-28(23)16-22-25-26-24(31)29(22)18-11-5-2-6-12-18/h1-14H,15-16H2,(H,26,31). The Kier molecular flexibility index (Phi) is 5.01. The van der Waals surface area contributed by atoms with E-state index in [2.05, 4.69) is 22.3 Å². The van der Waals surface area contributed by atoms with Crippen molar-refractivity contribution in [3.05, 3.63) is 117 Å². The Morgan fingerprint density at radius 3 is 2.23 bits per heavy atom. The van der Waals surface area contributed by atoms with Crippen LogP contribution in [0.2, 0.25) is 0 Å². The van der Waals surface area contributed by atoms with Gasteiger partial charge in [-0.15, -0.1) is 0 Å². The van der Waals surface area contributed by atoms with E-state index in [-0.39, 0.29) is 12.1 Å². The largest absolute Gasteiger partial charge is 0.275 e. The lowest BCUT2D eigenvalue weighted by molar-refractivity contribution is 0.601. The fraction of sp³-hybridized carbons (Fsp3) is 0.0833. The van der Waals surface area contributed by atoms with Crippen molar-refractivity contribution in [2.75, 3.05) is 0 Å². The zero-order valence-corrected chi connectivity index (χ0v) is 17.4. The third-order valence-corrected chi connectivity index (χ3v) is 5.48. The second kappa shape index (κ2) is 8.12. The molecule has 6 nitrogen and oxygen atoms in total. The summed E-state index contributed by atoms with van der Waals surface area (Å²) >= 11 is 5.43. The Bertz CT molecular complexity index is 1470. The van der Waals surface area contributed by atoms with Gasteiger partial charge in [-0.05, 0) is 36.0 Å². The Balaban J connectivity index is 1.63. The molecule has 0 aliphatic heterocycles. The average molecular weight is 426 g/mol. The molecule has 0 atom stereocenters. The van der Waals surface area contributed by atoms with Gasteiger partial charge in [0.1, 0.15) is 6.54 Å². The molecule has 0 fully saturated rings. The van der Waals surface area contributed by atoms with Crippen LogP contribution in [0.4, 0.5) is 0 Å². The van der Waals surface area contributed by atoms with E-state index in [9.17, 15) is 4.79 Å². The second-order valence-electron chi connectivity index (χ2n) is 7.23. The van der Waals surface area contributed by atoms with Crippen LogP contribution in [0.5, 0.6) is 0 Å². The normalized spacial score (nSPS) is 11.1. The first-order chi connectivity index (χ1) is 15.2. The van der Waals surface area contributed by atoms with Crippen molar-refractivity contribution < 1.29 is 0 Å². The molecular formula is C24H19N5OS. The fourth-order valence-corrected chi connectivity index (χ4v) is 4.00. The van der Waals surface area contributed by atoms with Crippen molar-refractivity contribution in [2.45, 2.75) is 13.0 Å². The lowest BCUT2D eigenvalue weighted by atomic mass is 10.0. The highest BCUT2D eigenvalue weighted by atomic mass is 32.1. The maximum Gasteiger partial charge on any atom is 0.275 e. The van der Waals surface area contributed by atoms with E-state index >= 15 is 0 Å². The Hall–Kier alpha value is -3.84. The third-order valence-electron chi connectivity index (χ3n) is 5.21. The number of H-pyrrole nitrogens is 1. The molecule has 0 saturated heterocycles. The van der Waals surface area contributed by atoms with Crippen LogP contribution in [0, 0.1) is 4.77 Å². The van der Waals surface area contributed by atoms with Crippen molar-refractivity contribution in [1.82, 2.24) is 24.5 Å². The average Bonchev–Trinajstić information content (AvgIpc) is 3.18. The zero-order chi connectivity index (χ0) is 21.2. The maximum absolute atomic E-state index is 13.2. The van der Waals surface area contributed by atoms with Crippen LogP contribution in [-0.2, 0) is 13.0 Å². The molecule has 0 aliphatic rings. The summed E-state index contributed by atoms with van der Waals surface area (Å²) in [6, 6.07) is 27.4. The number of nitrogens with one attached hydrogen (secondary N) is 1. The lowest BCUT2D eigenvalue weighted by Crippen LogP contribution is -2.26. The number of fused-ring (bicyclic) bond motifs is 1. The molecule has 1 N–H and O–H groups in total. The van der Waals surface area contributed by atoms with Crippen molar-refractivity contribution in [3.63, 3.8) is 0 Å². The highest BCUT2D eigenvalue weighted by Crippen LogP contribution is 2.18. The zero-order valence-electron chi connectivity index (χ0n) is 16.6. The maximum atomic E-state index is 13.2. The molecule has 0 amide bonds. The molecule has 0 bridgehead atoms. The molecule has 152 valence electrons. The van der Waals surface area contributed by atoms with Gasteiger partial charge in [-0.25, -0.2) is 4.68 Å². The number of nitrogens with zero attached hydrogens (tertiary/aromatic N) is 4. The molecule has 0 aliphatic carbocycles. The van der Waals surface area contributed by atoms with Gasteiger partial charge in [0.05, 0.1) is 11.1 Å². The van der Waals surface area contributed by atoms with Gasteiger partial charge in [0, 0.05) is 17.5 Å². The molecule has 5 rings (SSSR count). The second-order valence-corrected chi connectivity index (χ2v) is 7.62. The molecule has 7 heteroatoms. The number of hydrogen-bond donors (Lipinski definition) is 1. The summed E-state index contributed by atoms with van der Waals surface area (Å²) in [7, 11) is 0. The predicted octanol–water partition coefficient (Wildman–Crippen LogP) is 4.28. The summed E-state index contributed by atoms with van der Waals surface area (Å²) in [6.45, 7) is 0.202. The first-order valence-electron chi connectivity index (χ1n) is 9.95. The number of para-hydroxylation sites is 1. The Morgan fingerprint density at radius 1 is 0.839 bits per heavy atom. The summed E-state index contributed by atoms with van der Waals surface area (Å²) in [5, 5.41) is 13.5. The van der Waals surface area contributed by atoms with Crippen LogP contribution >= 0.6 is 12.2 Å². The smallest absolute Gasteiger partial charge is 0.271 e. The van der Waals surface area contributed by atoms with Gasteiger partial charge in [0.2, 0.25) is 0 Å². The van der Waals surface area contributed by atoms with Crippen molar-refractivity contribution in [2.24, 2.45) is 0 Å². The van der Waals surface area contributed by atoms with Gasteiger partial charge < -0.3 is 0 Å². The van der Waals surface area contributed by atoms with E-state index in [1.165, 1.54) is 4.68 Å². The van der Waals surface area contributed by atoms with Gasteiger partial charge >= 0.3 is 0 Å². The van der Waals surface area contributed by atoms with Crippen LogP contribution in [0.15, 0.2) is 89.7 Å². The molecule has 5 aromatic rings. The Morgan fingerprint density at radius 2 is 1.48 bits per heavy atom. The number of hydrogen-bond acceptors (Lipinski definition) is 4. The summed E-state index contributed by atoms with van der Waals surface area (Å²) in [4.78, 5) is 13.2. The number of aromatic amines is 1. The summed E-state index contributed by atoms with van der Waals surface area (Å²) in [5.74, 6) is 0.617. The van der Waals surface area contributed by atoms with E-state index in [1.54, 1.807) is 0 Å². The van der Waals surface area contributed by atoms with E-state index in [0.717, 1.165) is 22.3 Å². The summed E-state index contributed by atoms with van der Waals surface area (Å²) in [5.41, 5.74) is 2.72. The molecule has 31 heavy (non-hydrogen) atoms. The first-order valence-corrected chi connectivity index (χ1v) is 10.4. The van der Waals surface area contributed by atoms with E-state index < -0.39 is 0 Å². The van der Waals surface area contributed by atoms with Gasteiger partial charge in [0.15, 0.2) is 10.6 Å². The topological polar surface area (TPSA) is 68.5 Å². The fourth-order valence-electron chi connectivity index (χ4n) is 3.75. The number of rotatable bonds is 5. The van der Waals surface area contributed by atoms with E-state index in [0.29, 0.717) is 22.4 Å². The van der Waals surface area contributed by atoms with E-state index in [1.807, 2.05) is 77.4 Å². The number of aromatic nitrogens is 5. The minimum Gasteiger partial charge on any atom is -0.271 e. The lowest BCUT2D eigenvalue weighted by Gasteiger charge is -2.12. The van der Waals surface area contributed by atoms with Crippen LogP contribution in [0.25, 0.3) is 16.5 Å². The quantitative estimate of drug-likeness (QED) is 0.427. The van der Waals surface area contributed by atoms with Crippen LogP contribution in [0.3, 0.4) is 0 Å². The molecule has 0 spiro atoms. The minimum absolute atomic E-state index is 0.152. The van der Waals surface area contributed by atoms with Gasteiger partial charge in [-0.1, -0.05) is 66.7 Å². The molecule has 0 unspecified atom stereocenters. The number of benzene rings is 3. The van der Waals surface area contributed by atoms with E-state index in [4.69, 9.17) is 17.3 Å². The highest BCUT2D eigenvalue weighted by Gasteiger charge is 2.15. The molecular weight excluding hydrogens is 406 g/mol. The van der Waals surface area contributed by atoms with Crippen molar-refractivity contribution in [1.29, 1.82) is 0 Å². The Labute approximate surface area is 183 Å². The first kappa shape index (κ1) is 19.1. The monoisotopic (exact) mass is 425 g/mol.